The highest BCUT2D eigenvalue weighted by Crippen LogP contribution is 2.41. The van der Waals surface area contributed by atoms with Crippen molar-refractivity contribution in [3.63, 3.8) is 0 Å². The molecular formula is C21H20N2O3S. The van der Waals surface area contributed by atoms with Crippen LogP contribution in [0, 0.1) is 0 Å². The summed E-state index contributed by atoms with van der Waals surface area (Å²) in [5.74, 6) is -0.169. The second kappa shape index (κ2) is 6.70. The number of nitrogens with zero attached hydrogens (tertiary/aromatic N) is 1. The molecular weight excluding hydrogens is 360 g/mol. The fraction of sp³-hybridized carbons (Fsp3) is 0.190. The van der Waals surface area contributed by atoms with Gasteiger partial charge in [-0.15, -0.1) is 0 Å². The molecule has 27 heavy (non-hydrogen) atoms. The molecule has 3 aromatic rings. The highest BCUT2D eigenvalue weighted by Gasteiger charge is 2.36. The molecule has 1 aliphatic rings. The van der Waals surface area contributed by atoms with Crippen molar-refractivity contribution < 1.29 is 13.2 Å². The molecule has 0 saturated carbocycles. The number of hydrogen-bond acceptors (Lipinski definition) is 3. The first-order chi connectivity index (χ1) is 13.0. The van der Waals surface area contributed by atoms with Crippen LogP contribution in [0.2, 0.25) is 0 Å². The van der Waals surface area contributed by atoms with Crippen molar-refractivity contribution in [2.75, 3.05) is 17.4 Å². The lowest BCUT2D eigenvalue weighted by molar-refractivity contribution is -0.119. The zero-order valence-electron chi connectivity index (χ0n) is 14.9. The molecule has 1 amide bonds. The molecule has 3 aromatic carbocycles. The van der Waals surface area contributed by atoms with E-state index in [0.29, 0.717) is 17.6 Å². The largest absolute Gasteiger partial charge is 0.354 e. The molecule has 0 aliphatic carbocycles. The summed E-state index contributed by atoms with van der Waals surface area (Å²) in [7, 11) is -3.71. The Labute approximate surface area is 158 Å². The van der Waals surface area contributed by atoms with Gasteiger partial charge in [0.25, 0.3) is 10.0 Å². The number of sulfonamides is 1. The third-order valence-electron chi connectivity index (χ3n) is 4.94. The van der Waals surface area contributed by atoms with Crippen LogP contribution in [0.3, 0.4) is 0 Å². The average Bonchev–Trinajstić information content (AvgIpc) is 2.90. The molecule has 0 aromatic heterocycles. The van der Waals surface area contributed by atoms with Gasteiger partial charge in [0.2, 0.25) is 5.91 Å². The van der Waals surface area contributed by atoms with Crippen LogP contribution in [0.5, 0.6) is 0 Å². The molecule has 1 atom stereocenters. The topological polar surface area (TPSA) is 66.5 Å². The molecule has 0 fully saturated rings. The minimum absolute atomic E-state index is 0.144. The number of hydrogen-bond donors (Lipinski definition) is 1. The summed E-state index contributed by atoms with van der Waals surface area (Å²) < 4.78 is 27.0. The number of nitrogens with one attached hydrogen (secondary N) is 1. The van der Waals surface area contributed by atoms with Crippen molar-refractivity contribution >= 4 is 32.4 Å². The number of amides is 1. The smallest absolute Gasteiger partial charge is 0.265 e. The van der Waals surface area contributed by atoms with E-state index < -0.39 is 10.0 Å². The van der Waals surface area contributed by atoms with Gasteiger partial charge in [-0.3, -0.25) is 9.10 Å². The summed E-state index contributed by atoms with van der Waals surface area (Å²) >= 11 is 0. The second-order valence-electron chi connectivity index (χ2n) is 6.76. The zero-order valence-corrected chi connectivity index (χ0v) is 15.7. The van der Waals surface area contributed by atoms with Crippen molar-refractivity contribution in [3.05, 3.63) is 72.3 Å². The third-order valence-corrected chi connectivity index (χ3v) is 6.74. The number of rotatable bonds is 5. The van der Waals surface area contributed by atoms with Crippen molar-refractivity contribution in [2.24, 2.45) is 0 Å². The van der Waals surface area contributed by atoms with Crippen molar-refractivity contribution in [2.45, 2.75) is 17.7 Å². The Hall–Kier alpha value is -2.86. The molecule has 0 unspecified atom stereocenters. The lowest BCUT2D eigenvalue weighted by atomic mass is 10.0. The SMILES string of the molecule is C[C@@H](CNC(=O)CN1c2cccc3cccc(c23)S1(=O)=O)c1ccccc1. The van der Waals surface area contributed by atoms with Crippen LogP contribution in [0.15, 0.2) is 71.6 Å². The van der Waals surface area contributed by atoms with E-state index >= 15 is 0 Å². The van der Waals surface area contributed by atoms with Gasteiger partial charge in [-0.2, -0.15) is 0 Å². The number of carbonyl (C=O) groups is 1. The van der Waals surface area contributed by atoms with Gasteiger partial charge in [0.15, 0.2) is 0 Å². The summed E-state index contributed by atoms with van der Waals surface area (Å²) in [6, 6.07) is 20.5. The predicted molar refractivity (Wildman–Crippen MR) is 106 cm³/mol. The van der Waals surface area contributed by atoms with Crippen molar-refractivity contribution in [1.29, 1.82) is 0 Å². The zero-order chi connectivity index (χ0) is 19.0. The Morgan fingerprint density at radius 3 is 2.44 bits per heavy atom. The van der Waals surface area contributed by atoms with Gasteiger partial charge in [0, 0.05) is 11.9 Å². The van der Waals surface area contributed by atoms with E-state index in [4.69, 9.17) is 0 Å². The minimum atomic E-state index is -3.71. The Kier molecular flexibility index (Phi) is 4.36. The molecule has 0 saturated heterocycles. The summed E-state index contributed by atoms with van der Waals surface area (Å²) in [4.78, 5) is 12.7. The fourth-order valence-corrected chi connectivity index (χ4v) is 5.15. The molecule has 0 spiro atoms. The summed E-state index contributed by atoms with van der Waals surface area (Å²) in [6.45, 7) is 2.25. The predicted octanol–water partition coefficient (Wildman–Crippen LogP) is 3.27. The monoisotopic (exact) mass is 380 g/mol. The highest BCUT2D eigenvalue weighted by molar-refractivity contribution is 7.93. The summed E-state index contributed by atoms with van der Waals surface area (Å²) in [6.07, 6.45) is 0. The van der Waals surface area contributed by atoms with Crippen LogP contribution >= 0.6 is 0 Å². The van der Waals surface area contributed by atoms with Gasteiger partial charge in [-0.25, -0.2) is 8.42 Å². The standard InChI is InChI=1S/C21H20N2O3S/c1-15(16-7-3-2-4-8-16)13-22-20(24)14-23-18-11-5-9-17-10-6-12-19(21(17)18)27(23,25)26/h2-12,15H,13-14H2,1H3,(H,22,24)/t15-/m0/s1. The van der Waals surface area contributed by atoms with Gasteiger partial charge >= 0.3 is 0 Å². The summed E-state index contributed by atoms with van der Waals surface area (Å²) in [5, 5.41) is 4.40. The Morgan fingerprint density at radius 1 is 1.00 bits per heavy atom. The molecule has 4 rings (SSSR count). The molecule has 1 aliphatic heterocycles. The van der Waals surface area contributed by atoms with E-state index in [-0.39, 0.29) is 23.3 Å². The number of benzene rings is 3. The summed E-state index contributed by atoms with van der Waals surface area (Å²) in [5.41, 5.74) is 1.69. The minimum Gasteiger partial charge on any atom is -0.354 e. The van der Waals surface area contributed by atoms with Crippen LogP contribution < -0.4 is 9.62 Å². The lowest BCUT2D eigenvalue weighted by Crippen LogP contribution is -2.40. The third kappa shape index (κ3) is 3.06. The maximum absolute atomic E-state index is 12.9. The molecule has 6 heteroatoms. The molecule has 1 heterocycles. The van der Waals surface area contributed by atoms with E-state index in [2.05, 4.69) is 5.32 Å². The van der Waals surface area contributed by atoms with Crippen LogP contribution in [-0.4, -0.2) is 27.4 Å². The first-order valence-electron chi connectivity index (χ1n) is 8.84. The van der Waals surface area contributed by atoms with E-state index in [1.807, 2.05) is 55.5 Å². The van der Waals surface area contributed by atoms with E-state index in [0.717, 1.165) is 10.9 Å². The second-order valence-corrected chi connectivity index (χ2v) is 8.59. The van der Waals surface area contributed by atoms with Crippen LogP contribution in [0.4, 0.5) is 5.69 Å². The van der Waals surface area contributed by atoms with Crippen LogP contribution in [0.1, 0.15) is 18.4 Å². The maximum Gasteiger partial charge on any atom is 0.265 e. The van der Waals surface area contributed by atoms with Crippen molar-refractivity contribution in [3.8, 4) is 0 Å². The van der Waals surface area contributed by atoms with Gasteiger partial charge < -0.3 is 5.32 Å². The molecule has 138 valence electrons. The number of carbonyl (C=O) groups excluding carboxylic acids is 1. The first kappa shape index (κ1) is 17.5. The van der Waals surface area contributed by atoms with E-state index in [1.165, 1.54) is 4.31 Å². The first-order valence-corrected chi connectivity index (χ1v) is 10.3. The quantitative estimate of drug-likeness (QED) is 0.739. The average molecular weight is 380 g/mol. The Morgan fingerprint density at radius 2 is 1.70 bits per heavy atom. The molecule has 1 N–H and O–H groups in total. The van der Waals surface area contributed by atoms with E-state index in [1.54, 1.807) is 18.2 Å². The fourth-order valence-electron chi connectivity index (χ4n) is 3.48. The maximum atomic E-state index is 12.9. The highest BCUT2D eigenvalue weighted by atomic mass is 32.2. The van der Waals surface area contributed by atoms with Crippen LogP contribution in [0.25, 0.3) is 10.8 Å². The Bertz CT molecular complexity index is 1110. The van der Waals surface area contributed by atoms with Gasteiger partial charge in [-0.1, -0.05) is 61.5 Å². The van der Waals surface area contributed by atoms with Crippen LogP contribution in [-0.2, 0) is 14.8 Å². The van der Waals surface area contributed by atoms with Gasteiger partial charge in [-0.05, 0) is 29.0 Å². The van der Waals surface area contributed by atoms with Gasteiger partial charge in [0.1, 0.15) is 6.54 Å². The van der Waals surface area contributed by atoms with E-state index in [9.17, 15) is 13.2 Å². The van der Waals surface area contributed by atoms with Crippen molar-refractivity contribution in [1.82, 2.24) is 5.32 Å². The molecule has 0 bridgehead atoms. The normalized spacial score (nSPS) is 15.7. The Balaban J connectivity index is 1.52. The molecule has 0 radical (unpaired) electrons. The van der Waals surface area contributed by atoms with Gasteiger partial charge in [0.05, 0.1) is 10.6 Å². The lowest BCUT2D eigenvalue weighted by Gasteiger charge is -2.19. The molecule has 5 nitrogen and oxygen atoms in total. The number of anilines is 1.